The molecule has 0 amide bonds. The predicted molar refractivity (Wildman–Crippen MR) is 250 cm³/mol. The molecule has 0 N–H and O–H groups in total. The first-order chi connectivity index (χ1) is 28.9. The Morgan fingerprint density at radius 2 is 0.883 bits per heavy atom. The summed E-state index contributed by atoms with van der Waals surface area (Å²) in [4.78, 5) is 24.5. The maximum atomic E-state index is 12.5. The second-order valence-corrected chi connectivity index (χ2v) is 16.3. The van der Waals surface area contributed by atoms with Crippen molar-refractivity contribution in [1.29, 1.82) is 0 Å². The average molecular weight is 860 g/mol. The van der Waals surface area contributed by atoms with Crippen LogP contribution in [0.3, 0.4) is 0 Å². The summed E-state index contributed by atoms with van der Waals surface area (Å²) in [6.45, 7) is 12.3. The van der Waals surface area contributed by atoms with E-state index in [1.165, 1.54) is 26.0 Å². The average Bonchev–Trinajstić information content (AvgIpc) is 3.49. The highest BCUT2D eigenvalue weighted by molar-refractivity contribution is 9.10. The van der Waals surface area contributed by atoms with Crippen molar-refractivity contribution in [2.45, 2.75) is 52.7 Å². The van der Waals surface area contributed by atoms with Crippen LogP contribution in [0.5, 0.6) is 0 Å². The highest BCUT2D eigenvalue weighted by atomic mass is 79.9. The van der Waals surface area contributed by atoms with Gasteiger partial charge in [-0.1, -0.05) is 133 Å². The van der Waals surface area contributed by atoms with Crippen LogP contribution in [0.1, 0.15) is 62.3 Å². The Morgan fingerprint density at radius 1 is 0.517 bits per heavy atom. The van der Waals surface area contributed by atoms with Crippen LogP contribution >= 0.6 is 15.9 Å². The van der Waals surface area contributed by atoms with Crippen LogP contribution in [0, 0.1) is 0 Å². The minimum atomic E-state index is -0.555. The van der Waals surface area contributed by atoms with E-state index in [1.54, 1.807) is 19.1 Å². The van der Waals surface area contributed by atoms with Gasteiger partial charge in [-0.25, -0.2) is 9.59 Å². The van der Waals surface area contributed by atoms with E-state index in [2.05, 4.69) is 101 Å². The Morgan fingerprint density at radius 3 is 1.37 bits per heavy atom. The minimum absolute atomic E-state index is 0.282. The van der Waals surface area contributed by atoms with Gasteiger partial charge in [-0.2, -0.15) is 0 Å². The Hall–Kier alpha value is -5.80. The van der Waals surface area contributed by atoms with Crippen molar-refractivity contribution in [2.75, 3.05) is 13.2 Å². The number of hydrogen-bond donors (Lipinski definition) is 0. The molecule has 1 aliphatic rings. The fraction of sp³-hybridized carbons (Fsp3) is 0.192. The molecule has 0 saturated carbocycles. The van der Waals surface area contributed by atoms with E-state index < -0.39 is 18.3 Å². The SMILES string of the molecule is Brc1c2ccccc2cc2ccccc12.CCOC(=O)c1ccccc1-c1c2ccccc2cc2ccccc12.CCOC(=O)c1ccccc1B1OC(C)(C)C(C)(C)O1. The van der Waals surface area contributed by atoms with Gasteiger partial charge in [-0.3, -0.25) is 0 Å². The van der Waals surface area contributed by atoms with Crippen LogP contribution in [0.25, 0.3) is 54.2 Å². The molecule has 0 unspecified atom stereocenters. The van der Waals surface area contributed by atoms with Gasteiger partial charge in [-0.05, 0) is 141 Å². The number of rotatable bonds is 6. The first-order valence-corrected chi connectivity index (χ1v) is 21.1. The van der Waals surface area contributed by atoms with Crippen LogP contribution in [0.15, 0.2) is 162 Å². The lowest BCUT2D eigenvalue weighted by Crippen LogP contribution is -2.41. The molecule has 0 atom stereocenters. The van der Waals surface area contributed by atoms with E-state index in [0.717, 1.165) is 32.7 Å². The normalized spacial score (nSPS) is 13.9. The number of fused-ring (bicyclic) bond motifs is 4. The van der Waals surface area contributed by atoms with Gasteiger partial charge >= 0.3 is 19.1 Å². The lowest BCUT2D eigenvalue weighted by atomic mass is 9.76. The van der Waals surface area contributed by atoms with Crippen molar-refractivity contribution >= 4 is 83.5 Å². The van der Waals surface area contributed by atoms with Crippen molar-refractivity contribution in [3.8, 4) is 11.1 Å². The topological polar surface area (TPSA) is 71.1 Å². The second-order valence-electron chi connectivity index (χ2n) is 15.5. The zero-order valence-corrected chi connectivity index (χ0v) is 36.4. The summed E-state index contributed by atoms with van der Waals surface area (Å²) in [5.74, 6) is -0.632. The van der Waals surface area contributed by atoms with Crippen LogP contribution in [-0.2, 0) is 18.8 Å². The number of carbonyl (C=O) groups is 2. The zero-order valence-electron chi connectivity index (χ0n) is 34.8. The quantitative estimate of drug-likeness (QED) is 0.0942. The molecule has 8 aromatic carbocycles. The van der Waals surface area contributed by atoms with E-state index in [0.29, 0.717) is 29.8 Å². The van der Waals surface area contributed by atoms with Crippen LogP contribution < -0.4 is 5.46 Å². The molecule has 9 rings (SSSR count). The first-order valence-electron chi connectivity index (χ1n) is 20.3. The lowest BCUT2D eigenvalue weighted by molar-refractivity contribution is 0.00578. The van der Waals surface area contributed by atoms with Crippen LogP contribution in [0.4, 0.5) is 0 Å². The molecule has 0 spiro atoms. The van der Waals surface area contributed by atoms with Gasteiger partial charge in [-0.15, -0.1) is 0 Å². The van der Waals surface area contributed by atoms with E-state index in [9.17, 15) is 9.59 Å². The lowest BCUT2D eigenvalue weighted by Gasteiger charge is -2.32. The Bertz CT molecular complexity index is 2710. The largest absolute Gasteiger partial charge is 0.495 e. The van der Waals surface area contributed by atoms with Gasteiger partial charge in [0, 0.05) is 4.47 Å². The maximum absolute atomic E-state index is 12.5. The number of benzene rings is 8. The maximum Gasteiger partial charge on any atom is 0.495 e. The number of ether oxygens (including phenoxy) is 2. The Balaban J connectivity index is 0.000000140. The molecule has 60 heavy (non-hydrogen) atoms. The fourth-order valence-electron chi connectivity index (χ4n) is 7.42. The molecular weight excluding hydrogens is 811 g/mol. The summed E-state index contributed by atoms with van der Waals surface area (Å²) < 4.78 is 23.5. The van der Waals surface area contributed by atoms with Crippen LogP contribution in [-0.4, -0.2) is 43.5 Å². The van der Waals surface area contributed by atoms with Crippen LogP contribution in [0.2, 0.25) is 0 Å². The number of esters is 2. The van der Waals surface area contributed by atoms with Gasteiger partial charge < -0.3 is 18.8 Å². The molecule has 1 saturated heterocycles. The van der Waals surface area contributed by atoms with E-state index >= 15 is 0 Å². The minimum Gasteiger partial charge on any atom is -0.462 e. The molecule has 302 valence electrons. The third kappa shape index (κ3) is 8.73. The smallest absolute Gasteiger partial charge is 0.462 e. The predicted octanol–water partition coefficient (Wildman–Crippen LogP) is 12.8. The third-order valence-corrected chi connectivity index (χ3v) is 12.0. The molecule has 8 aromatic rings. The van der Waals surface area contributed by atoms with Crippen molar-refractivity contribution in [3.63, 3.8) is 0 Å². The van der Waals surface area contributed by atoms with Crippen molar-refractivity contribution in [2.24, 2.45) is 0 Å². The highest BCUT2D eigenvalue weighted by Crippen LogP contribution is 2.39. The number of carbonyl (C=O) groups excluding carboxylic acids is 2. The molecular formula is C52H48BBrO6. The molecule has 1 heterocycles. The molecule has 0 aliphatic carbocycles. The van der Waals surface area contributed by atoms with E-state index in [4.69, 9.17) is 18.8 Å². The summed E-state index contributed by atoms with van der Waals surface area (Å²) in [5, 5.41) is 9.71. The molecule has 0 radical (unpaired) electrons. The summed E-state index contributed by atoms with van der Waals surface area (Å²) in [5.41, 5.74) is 2.94. The standard InChI is InChI=1S/C23H18O2.C15H21BO4.C14H9Br/c1-2-25-23(24)21-14-8-7-13-20(21)22-18-11-5-3-9-16(18)15-17-10-4-6-12-19(17)22;1-6-18-13(17)11-9-7-8-10-12(11)16-19-14(2,3)15(4,5)20-16;15-14-12-7-3-1-5-10(12)9-11-6-2-4-8-13(11)14/h3-15H,2H2,1H3;7-10H,6H2,1-5H3;1-9H. The van der Waals surface area contributed by atoms with Gasteiger partial charge in [0.1, 0.15) is 0 Å². The Labute approximate surface area is 360 Å². The zero-order chi connectivity index (χ0) is 42.4. The monoisotopic (exact) mass is 858 g/mol. The molecule has 1 aliphatic heterocycles. The molecule has 1 fully saturated rings. The van der Waals surface area contributed by atoms with E-state index in [-0.39, 0.29) is 11.9 Å². The fourth-order valence-corrected chi connectivity index (χ4v) is 8.14. The van der Waals surface area contributed by atoms with Gasteiger partial charge in [0.25, 0.3) is 0 Å². The summed E-state index contributed by atoms with van der Waals surface area (Å²) >= 11 is 3.68. The molecule has 8 heteroatoms. The summed E-state index contributed by atoms with van der Waals surface area (Å²) in [6.07, 6.45) is 0. The highest BCUT2D eigenvalue weighted by Gasteiger charge is 2.52. The van der Waals surface area contributed by atoms with E-state index in [1.807, 2.05) is 95.3 Å². The number of hydrogen-bond acceptors (Lipinski definition) is 6. The van der Waals surface area contributed by atoms with Crippen molar-refractivity contribution < 1.29 is 28.4 Å². The molecule has 0 bridgehead atoms. The summed E-state index contributed by atoms with van der Waals surface area (Å²) in [7, 11) is -0.555. The van der Waals surface area contributed by atoms with Gasteiger partial charge in [0.15, 0.2) is 0 Å². The van der Waals surface area contributed by atoms with Gasteiger partial charge in [0.05, 0.1) is 35.5 Å². The van der Waals surface area contributed by atoms with Crippen molar-refractivity contribution in [3.05, 3.63) is 173 Å². The molecule has 6 nitrogen and oxygen atoms in total. The number of halogens is 1. The third-order valence-electron chi connectivity index (χ3n) is 11.1. The van der Waals surface area contributed by atoms with Gasteiger partial charge in [0.2, 0.25) is 0 Å². The second kappa shape index (κ2) is 18.2. The first kappa shape index (κ1) is 42.3. The van der Waals surface area contributed by atoms with Crippen molar-refractivity contribution in [1.82, 2.24) is 0 Å². The summed E-state index contributed by atoms with van der Waals surface area (Å²) in [6, 6.07) is 52.8. The Kier molecular flexibility index (Phi) is 12.9. The molecule has 0 aromatic heterocycles.